The number of halogens is 1. The van der Waals surface area contributed by atoms with Gasteiger partial charge in [-0.3, -0.25) is 4.79 Å². The van der Waals surface area contributed by atoms with Crippen LogP contribution in [0.4, 0.5) is 4.39 Å². The van der Waals surface area contributed by atoms with Gasteiger partial charge < -0.3 is 14.8 Å². The highest BCUT2D eigenvalue weighted by Crippen LogP contribution is 2.31. The number of hydrogen-bond donors (Lipinski definition) is 2. The number of ether oxygens (including phenoxy) is 1. The van der Waals surface area contributed by atoms with Crippen molar-refractivity contribution in [1.82, 2.24) is 14.8 Å². The number of aryl methyl sites for hydroxylation is 1. The number of nitrogens with one attached hydrogen (secondary N) is 1. The number of H-pyrrole nitrogens is 1. The van der Waals surface area contributed by atoms with E-state index in [1.165, 1.54) is 19.2 Å². The van der Waals surface area contributed by atoms with Gasteiger partial charge in [-0.15, -0.1) is 0 Å². The molecule has 0 aliphatic heterocycles. The highest BCUT2D eigenvalue weighted by molar-refractivity contribution is 5.84. The van der Waals surface area contributed by atoms with E-state index in [1.54, 1.807) is 17.7 Å². The summed E-state index contributed by atoms with van der Waals surface area (Å²) >= 11 is 0. The number of fused-ring (bicyclic) bond motifs is 1. The number of aromatic amines is 1. The molecule has 0 aliphatic rings. The van der Waals surface area contributed by atoms with Gasteiger partial charge in [0.2, 0.25) is 5.43 Å². The normalized spacial score (nSPS) is 11.1. The third-order valence-corrected chi connectivity index (χ3v) is 4.67. The minimum atomic E-state index is -0.615. The lowest BCUT2D eigenvalue weighted by molar-refractivity contribution is 0.411. The molecule has 0 saturated carbocycles. The van der Waals surface area contributed by atoms with Crippen LogP contribution in [0.25, 0.3) is 22.3 Å². The molecule has 0 unspecified atom stereocenters. The minimum absolute atomic E-state index is 0.00636. The first kappa shape index (κ1) is 17.8. The van der Waals surface area contributed by atoms with Crippen LogP contribution >= 0.6 is 0 Å². The summed E-state index contributed by atoms with van der Waals surface area (Å²) in [5.41, 5.74) is 1.40. The number of nitrogens with zero attached hydrogens (tertiary/aromatic N) is 2. The van der Waals surface area contributed by atoms with E-state index in [4.69, 9.17) is 4.74 Å². The molecule has 7 heteroatoms. The van der Waals surface area contributed by atoms with E-state index in [1.807, 2.05) is 30.3 Å². The molecule has 28 heavy (non-hydrogen) atoms. The van der Waals surface area contributed by atoms with Crippen molar-refractivity contribution < 1.29 is 14.2 Å². The minimum Gasteiger partial charge on any atom is -0.503 e. The van der Waals surface area contributed by atoms with Crippen molar-refractivity contribution in [2.24, 2.45) is 0 Å². The highest BCUT2D eigenvalue weighted by atomic mass is 19.1. The van der Waals surface area contributed by atoms with Crippen molar-refractivity contribution in [3.05, 3.63) is 75.8 Å². The van der Waals surface area contributed by atoms with E-state index < -0.39 is 17.0 Å². The molecule has 4 aromatic rings. The molecule has 0 fully saturated rings. The summed E-state index contributed by atoms with van der Waals surface area (Å²) < 4.78 is 21.2. The number of methoxy groups -OCH3 is 1. The molecular formula is C21H18FN3O3. The first-order valence-corrected chi connectivity index (χ1v) is 8.69. The first-order chi connectivity index (χ1) is 13.5. The summed E-state index contributed by atoms with van der Waals surface area (Å²) in [5, 5.41) is 15.2. The van der Waals surface area contributed by atoms with Crippen molar-refractivity contribution in [3.8, 4) is 22.8 Å². The topological polar surface area (TPSA) is 80.1 Å². The van der Waals surface area contributed by atoms with Crippen LogP contribution in [0.2, 0.25) is 0 Å². The Labute approximate surface area is 159 Å². The number of pyridine rings is 1. The van der Waals surface area contributed by atoms with E-state index in [2.05, 4.69) is 10.1 Å². The van der Waals surface area contributed by atoms with Crippen LogP contribution in [0.3, 0.4) is 0 Å². The molecule has 4 rings (SSSR count). The lowest BCUT2D eigenvalue weighted by Crippen LogP contribution is -2.08. The highest BCUT2D eigenvalue weighted by Gasteiger charge is 2.21. The summed E-state index contributed by atoms with van der Waals surface area (Å²) in [6.07, 6.45) is 0. The molecule has 2 heterocycles. The lowest BCUT2D eigenvalue weighted by atomic mass is 10.1. The van der Waals surface area contributed by atoms with Gasteiger partial charge in [-0.1, -0.05) is 30.3 Å². The SMILES string of the molecule is COc1ccc(-c2[nH]c3c(c(C)nn3Cc3ccccc3)c(=O)c2O)c(F)c1. The number of benzene rings is 2. The van der Waals surface area contributed by atoms with Crippen LogP contribution in [0.5, 0.6) is 11.5 Å². The predicted molar refractivity (Wildman–Crippen MR) is 104 cm³/mol. The molecular weight excluding hydrogens is 361 g/mol. The molecule has 0 bridgehead atoms. The van der Waals surface area contributed by atoms with Gasteiger partial charge in [0.05, 0.1) is 30.4 Å². The zero-order valence-electron chi connectivity index (χ0n) is 15.4. The molecule has 0 aliphatic carbocycles. The van der Waals surface area contributed by atoms with Crippen molar-refractivity contribution >= 4 is 11.0 Å². The molecule has 0 saturated heterocycles. The van der Waals surface area contributed by atoms with E-state index in [-0.39, 0.29) is 16.6 Å². The Morgan fingerprint density at radius 3 is 2.64 bits per heavy atom. The third kappa shape index (κ3) is 2.90. The number of aromatic hydroxyl groups is 1. The Balaban J connectivity index is 1.93. The van der Waals surface area contributed by atoms with E-state index >= 15 is 0 Å². The molecule has 2 aromatic heterocycles. The van der Waals surface area contributed by atoms with Gasteiger partial charge in [0.15, 0.2) is 5.75 Å². The van der Waals surface area contributed by atoms with E-state index in [9.17, 15) is 14.3 Å². The van der Waals surface area contributed by atoms with E-state index in [0.29, 0.717) is 23.6 Å². The average molecular weight is 379 g/mol. The van der Waals surface area contributed by atoms with Gasteiger partial charge in [-0.25, -0.2) is 9.07 Å². The molecule has 0 spiro atoms. The van der Waals surface area contributed by atoms with Gasteiger partial charge in [-0.2, -0.15) is 5.10 Å². The number of aromatic nitrogens is 3. The molecule has 2 N–H and O–H groups in total. The fourth-order valence-corrected chi connectivity index (χ4v) is 3.28. The molecule has 0 radical (unpaired) electrons. The summed E-state index contributed by atoms with van der Waals surface area (Å²) in [4.78, 5) is 15.8. The fourth-order valence-electron chi connectivity index (χ4n) is 3.28. The third-order valence-electron chi connectivity index (χ3n) is 4.67. The predicted octanol–water partition coefficient (Wildman–Crippen LogP) is 3.60. The van der Waals surface area contributed by atoms with Gasteiger partial charge in [0.1, 0.15) is 17.2 Å². The summed E-state index contributed by atoms with van der Waals surface area (Å²) in [6.45, 7) is 2.13. The standard InChI is InChI=1S/C21H18FN3O3/c1-12-17-19(26)20(27)18(15-9-8-14(28-2)10-16(15)22)23-21(17)25(24-12)11-13-6-4-3-5-7-13/h3-10,27H,11H2,1-2H3,(H,23,26). The molecule has 142 valence electrons. The fraction of sp³-hybridized carbons (Fsp3) is 0.143. The van der Waals surface area contributed by atoms with Crippen molar-refractivity contribution in [1.29, 1.82) is 0 Å². The van der Waals surface area contributed by atoms with Gasteiger partial charge >= 0.3 is 0 Å². The largest absolute Gasteiger partial charge is 0.503 e. The molecule has 0 atom stereocenters. The quantitative estimate of drug-likeness (QED) is 0.568. The maximum absolute atomic E-state index is 14.6. The monoisotopic (exact) mass is 379 g/mol. The zero-order chi connectivity index (χ0) is 19.8. The van der Waals surface area contributed by atoms with Gasteiger partial charge in [0, 0.05) is 11.6 Å². The van der Waals surface area contributed by atoms with E-state index in [0.717, 1.165) is 5.56 Å². The molecule has 6 nitrogen and oxygen atoms in total. The number of hydrogen-bond acceptors (Lipinski definition) is 4. The Hall–Kier alpha value is -3.61. The first-order valence-electron chi connectivity index (χ1n) is 8.69. The lowest BCUT2D eigenvalue weighted by Gasteiger charge is -2.10. The van der Waals surface area contributed by atoms with Crippen LogP contribution in [0.15, 0.2) is 53.3 Å². The van der Waals surface area contributed by atoms with Crippen molar-refractivity contribution in [2.45, 2.75) is 13.5 Å². The summed E-state index contributed by atoms with van der Waals surface area (Å²) in [6, 6.07) is 13.9. The van der Waals surface area contributed by atoms with Crippen molar-refractivity contribution in [2.75, 3.05) is 7.11 Å². The zero-order valence-corrected chi connectivity index (χ0v) is 15.4. The van der Waals surface area contributed by atoms with Crippen LogP contribution in [0, 0.1) is 12.7 Å². The average Bonchev–Trinajstić information content (AvgIpc) is 3.00. The summed E-state index contributed by atoms with van der Waals surface area (Å²) in [7, 11) is 1.44. The van der Waals surface area contributed by atoms with Crippen LogP contribution < -0.4 is 10.2 Å². The maximum atomic E-state index is 14.6. The van der Waals surface area contributed by atoms with Crippen LogP contribution in [0.1, 0.15) is 11.3 Å². The smallest absolute Gasteiger partial charge is 0.235 e. The molecule has 0 amide bonds. The second-order valence-electron chi connectivity index (χ2n) is 6.48. The maximum Gasteiger partial charge on any atom is 0.235 e. The number of rotatable bonds is 4. The van der Waals surface area contributed by atoms with Crippen molar-refractivity contribution in [3.63, 3.8) is 0 Å². The Morgan fingerprint density at radius 2 is 1.96 bits per heavy atom. The van der Waals surface area contributed by atoms with Gasteiger partial charge in [-0.05, 0) is 24.6 Å². The Kier molecular flexibility index (Phi) is 4.35. The Morgan fingerprint density at radius 1 is 1.21 bits per heavy atom. The summed E-state index contributed by atoms with van der Waals surface area (Å²) in [5.74, 6) is -0.816. The van der Waals surface area contributed by atoms with Crippen LogP contribution in [-0.2, 0) is 6.54 Å². The van der Waals surface area contributed by atoms with Gasteiger partial charge in [0.25, 0.3) is 0 Å². The second kappa shape index (κ2) is 6.84. The Bertz CT molecular complexity index is 1230. The second-order valence-corrected chi connectivity index (χ2v) is 6.48. The molecule has 2 aromatic carbocycles. The van der Waals surface area contributed by atoms with Crippen LogP contribution in [-0.4, -0.2) is 27.0 Å².